The van der Waals surface area contributed by atoms with Crippen molar-refractivity contribution in [1.29, 1.82) is 0 Å². The van der Waals surface area contributed by atoms with Crippen LogP contribution in [0.25, 0.3) is 0 Å². The van der Waals surface area contributed by atoms with E-state index in [0.717, 1.165) is 4.57 Å². The topological polar surface area (TPSA) is 134 Å². The molecule has 2 rings (SSSR count). The predicted octanol–water partition coefficient (Wildman–Crippen LogP) is -2.09. The number of aromatic nitrogens is 2. The number of anilines is 1. The average molecular weight is 275 g/mol. The van der Waals surface area contributed by atoms with Crippen molar-refractivity contribution in [2.75, 3.05) is 12.3 Å². The van der Waals surface area contributed by atoms with E-state index in [4.69, 9.17) is 27.8 Å². The van der Waals surface area contributed by atoms with Crippen LogP contribution in [0.2, 0.25) is 0 Å². The van der Waals surface area contributed by atoms with Gasteiger partial charge in [0.1, 0.15) is 18.0 Å². The van der Waals surface area contributed by atoms with E-state index >= 15 is 0 Å². The Morgan fingerprint density at radius 3 is 2.72 bits per heavy atom. The first-order valence-corrected chi connectivity index (χ1v) is 5.54. The number of ether oxygens (including phenoxy) is 1. The Morgan fingerprint density at radius 1 is 1.56 bits per heavy atom. The molecule has 100 valence electrons. The van der Waals surface area contributed by atoms with Crippen molar-refractivity contribution >= 4 is 18.0 Å². The Labute approximate surface area is 107 Å². The summed E-state index contributed by atoms with van der Waals surface area (Å²) in [6.07, 6.45) is -2.96. The van der Waals surface area contributed by atoms with Crippen LogP contribution in [0.3, 0.4) is 0 Å². The second-order valence-corrected chi connectivity index (χ2v) is 4.30. The summed E-state index contributed by atoms with van der Waals surface area (Å²) in [5.74, 6) is -2.14. The summed E-state index contributed by atoms with van der Waals surface area (Å²) in [5, 5.41) is 38.6. The van der Waals surface area contributed by atoms with Crippen molar-refractivity contribution in [3.8, 4) is 0 Å². The molecule has 8 nitrogen and oxygen atoms in total. The first-order chi connectivity index (χ1) is 8.40. The summed E-state index contributed by atoms with van der Waals surface area (Å²) >= 11 is 4.89. The van der Waals surface area contributed by atoms with Gasteiger partial charge in [-0.15, -0.1) is 0 Å². The summed E-state index contributed by atoms with van der Waals surface area (Å²) in [4.78, 5) is 3.73. The highest BCUT2D eigenvalue weighted by atomic mass is 32.1. The van der Waals surface area contributed by atoms with Crippen LogP contribution in [0, 0.1) is 4.77 Å². The first-order valence-electron chi connectivity index (χ1n) is 5.13. The second-order valence-electron chi connectivity index (χ2n) is 3.94. The molecule has 9 heteroatoms. The molecule has 6 N–H and O–H groups in total. The molecule has 0 radical (unpaired) electrons. The largest absolute Gasteiger partial charge is 0.394 e. The minimum absolute atomic E-state index is 0.123. The number of nitrogens with zero attached hydrogens (tertiary/aromatic N) is 2. The monoisotopic (exact) mass is 275 g/mol. The fourth-order valence-corrected chi connectivity index (χ4v) is 2.09. The van der Waals surface area contributed by atoms with E-state index in [1.165, 1.54) is 12.3 Å². The maximum atomic E-state index is 10.2. The number of nitrogens with two attached hydrogens (primary N) is 1. The lowest BCUT2D eigenvalue weighted by Crippen LogP contribution is -2.46. The third kappa shape index (κ3) is 1.90. The van der Waals surface area contributed by atoms with Crippen LogP contribution >= 0.6 is 12.2 Å². The van der Waals surface area contributed by atoms with E-state index in [9.17, 15) is 15.3 Å². The Hall–Kier alpha value is -1.10. The number of rotatable bonds is 2. The molecular formula is C9H13N3O5S. The van der Waals surface area contributed by atoms with Gasteiger partial charge in [0.15, 0.2) is 6.10 Å². The van der Waals surface area contributed by atoms with Gasteiger partial charge in [0.05, 0.1) is 6.61 Å². The first kappa shape index (κ1) is 13.3. The van der Waals surface area contributed by atoms with Crippen molar-refractivity contribution in [2.45, 2.75) is 24.2 Å². The van der Waals surface area contributed by atoms with E-state index in [1.54, 1.807) is 0 Å². The summed E-state index contributed by atoms with van der Waals surface area (Å²) in [6, 6.07) is 1.35. The van der Waals surface area contributed by atoms with Crippen molar-refractivity contribution < 1.29 is 25.2 Å². The van der Waals surface area contributed by atoms with Crippen LogP contribution in [0.4, 0.5) is 5.82 Å². The Kier molecular flexibility index (Phi) is 3.36. The van der Waals surface area contributed by atoms with Crippen LogP contribution < -0.4 is 5.73 Å². The zero-order valence-electron chi connectivity index (χ0n) is 9.17. The predicted molar refractivity (Wildman–Crippen MR) is 61.6 cm³/mol. The van der Waals surface area contributed by atoms with Gasteiger partial charge < -0.3 is 30.9 Å². The number of hydrogen-bond donors (Lipinski definition) is 5. The zero-order valence-corrected chi connectivity index (χ0v) is 9.99. The molecule has 0 aliphatic carbocycles. The zero-order chi connectivity index (χ0) is 13.5. The molecule has 0 saturated carbocycles. The van der Waals surface area contributed by atoms with Gasteiger partial charge in [0.2, 0.25) is 4.77 Å². The van der Waals surface area contributed by atoms with E-state index < -0.39 is 30.8 Å². The van der Waals surface area contributed by atoms with E-state index in [2.05, 4.69) is 4.98 Å². The standard InChI is InChI=1S/C9H13N3O5S/c10-5-1-2-12(8(18)11-5)9(16)7(15)6(14)4(3-13)17-9/h1-2,4,6-7,13-16H,3H2,(H2,10,11,18)/t4-,6-,7+,9-/m1/s1. The minimum atomic E-state index is -2.29. The Balaban J connectivity index is 2.46. The lowest BCUT2D eigenvalue weighted by Gasteiger charge is -2.28. The number of nitrogen functional groups attached to an aromatic ring is 1. The third-order valence-corrected chi connectivity index (χ3v) is 3.05. The van der Waals surface area contributed by atoms with E-state index in [-0.39, 0.29) is 10.6 Å². The maximum Gasteiger partial charge on any atom is 0.285 e. The molecule has 1 aliphatic heterocycles. The molecule has 0 aromatic carbocycles. The molecule has 0 spiro atoms. The molecule has 0 bridgehead atoms. The van der Waals surface area contributed by atoms with Crippen LogP contribution in [-0.4, -0.2) is 54.9 Å². The third-order valence-electron chi connectivity index (χ3n) is 2.76. The normalized spacial score (nSPS) is 35.9. The smallest absolute Gasteiger partial charge is 0.285 e. The van der Waals surface area contributed by atoms with Crippen molar-refractivity contribution in [2.24, 2.45) is 0 Å². The minimum Gasteiger partial charge on any atom is -0.394 e. The molecule has 1 aromatic rings. The Morgan fingerprint density at radius 2 is 2.22 bits per heavy atom. The molecule has 1 aromatic heterocycles. The van der Waals surface area contributed by atoms with Crippen molar-refractivity contribution in [1.82, 2.24) is 9.55 Å². The van der Waals surface area contributed by atoms with Gasteiger partial charge in [0.25, 0.3) is 5.91 Å². The fraction of sp³-hybridized carbons (Fsp3) is 0.556. The summed E-state index contributed by atoms with van der Waals surface area (Å²) in [6.45, 7) is -0.559. The molecule has 0 amide bonds. The number of aliphatic hydroxyl groups excluding tert-OH is 3. The molecule has 1 aliphatic rings. The molecule has 1 saturated heterocycles. The number of aliphatic hydroxyl groups is 4. The van der Waals surface area contributed by atoms with Gasteiger partial charge >= 0.3 is 0 Å². The molecular weight excluding hydrogens is 262 g/mol. The SMILES string of the molecule is Nc1ccn([C@]2(O)O[C@H](CO)[C@@H](O)[C@@H]2O)c(=S)n1. The number of hydrogen-bond acceptors (Lipinski definition) is 8. The lowest BCUT2D eigenvalue weighted by molar-refractivity contribution is -0.290. The van der Waals surface area contributed by atoms with E-state index in [0.29, 0.717) is 0 Å². The fourth-order valence-electron chi connectivity index (χ4n) is 1.79. The van der Waals surface area contributed by atoms with Crippen LogP contribution in [0.1, 0.15) is 0 Å². The summed E-state index contributed by atoms with van der Waals surface area (Å²) in [5.41, 5.74) is 5.42. The van der Waals surface area contributed by atoms with Crippen LogP contribution in [-0.2, 0) is 10.6 Å². The molecule has 4 atom stereocenters. The van der Waals surface area contributed by atoms with Gasteiger partial charge in [-0.05, 0) is 18.3 Å². The highest BCUT2D eigenvalue weighted by Crippen LogP contribution is 2.33. The highest BCUT2D eigenvalue weighted by molar-refractivity contribution is 7.71. The summed E-state index contributed by atoms with van der Waals surface area (Å²) < 4.78 is 5.89. The molecule has 1 fully saturated rings. The second kappa shape index (κ2) is 4.53. The summed E-state index contributed by atoms with van der Waals surface area (Å²) in [7, 11) is 0. The molecule has 18 heavy (non-hydrogen) atoms. The van der Waals surface area contributed by atoms with Crippen molar-refractivity contribution in [3.63, 3.8) is 0 Å². The van der Waals surface area contributed by atoms with Gasteiger partial charge in [-0.25, -0.2) is 4.98 Å². The van der Waals surface area contributed by atoms with Gasteiger partial charge in [0, 0.05) is 6.20 Å². The van der Waals surface area contributed by atoms with Gasteiger partial charge in [-0.3, -0.25) is 4.57 Å². The quantitative estimate of drug-likeness (QED) is 0.388. The Bertz CT molecular complexity index is 509. The van der Waals surface area contributed by atoms with Crippen molar-refractivity contribution in [3.05, 3.63) is 17.0 Å². The van der Waals surface area contributed by atoms with Crippen LogP contribution in [0.15, 0.2) is 12.3 Å². The lowest BCUT2D eigenvalue weighted by atomic mass is 10.1. The highest BCUT2D eigenvalue weighted by Gasteiger charge is 2.54. The van der Waals surface area contributed by atoms with E-state index in [1.807, 2.05) is 0 Å². The average Bonchev–Trinajstić information content (AvgIpc) is 2.54. The molecule has 0 unspecified atom stereocenters. The van der Waals surface area contributed by atoms with Gasteiger partial charge in [-0.2, -0.15) is 0 Å². The molecule has 2 heterocycles. The van der Waals surface area contributed by atoms with Crippen LogP contribution in [0.5, 0.6) is 0 Å². The van der Waals surface area contributed by atoms with Gasteiger partial charge in [-0.1, -0.05) is 0 Å². The maximum absolute atomic E-state index is 10.2.